The molecule has 308 valence electrons. The van der Waals surface area contributed by atoms with E-state index in [-0.39, 0.29) is 46.2 Å². The van der Waals surface area contributed by atoms with Crippen LogP contribution in [0.2, 0.25) is 0 Å². The van der Waals surface area contributed by atoms with Crippen LogP contribution in [-0.4, -0.2) is 89.6 Å². The number of benzene rings is 1. The second kappa shape index (κ2) is 15.9. The maximum atomic E-state index is 16.0. The molecule has 2 amide bonds. The molecule has 3 aliphatic heterocycles. The van der Waals surface area contributed by atoms with Crippen molar-refractivity contribution in [2.75, 3.05) is 53.4 Å². The Morgan fingerprint density at radius 3 is 2.59 bits per heavy atom. The number of amides is 2. The normalized spacial score (nSPS) is 21.2. The summed E-state index contributed by atoms with van der Waals surface area (Å²) in [4.78, 5) is 48.4. The molecule has 4 aromatic rings. The number of thiazole rings is 1. The van der Waals surface area contributed by atoms with E-state index >= 15 is 4.39 Å². The minimum absolute atomic E-state index is 0.0994. The van der Waals surface area contributed by atoms with Crippen LogP contribution in [0.5, 0.6) is 0 Å². The molecule has 13 nitrogen and oxygen atoms in total. The highest BCUT2D eigenvalue weighted by Gasteiger charge is 2.52. The van der Waals surface area contributed by atoms with E-state index in [1.54, 1.807) is 31.5 Å². The molecule has 3 saturated heterocycles. The van der Waals surface area contributed by atoms with Crippen LogP contribution in [0.1, 0.15) is 89.1 Å². The van der Waals surface area contributed by atoms with Gasteiger partial charge in [-0.1, -0.05) is 39.8 Å². The zero-order valence-electron chi connectivity index (χ0n) is 33.6. The Hall–Kier alpha value is -4.54. The summed E-state index contributed by atoms with van der Waals surface area (Å²) in [6.07, 6.45) is 9.22. The lowest BCUT2D eigenvalue weighted by Gasteiger charge is -2.59. The Labute approximate surface area is 343 Å². The third kappa shape index (κ3) is 8.60. The van der Waals surface area contributed by atoms with Crippen molar-refractivity contribution in [1.82, 2.24) is 30.2 Å². The lowest BCUT2D eigenvalue weighted by molar-refractivity contribution is -0.134. The van der Waals surface area contributed by atoms with E-state index in [9.17, 15) is 18.0 Å². The van der Waals surface area contributed by atoms with Gasteiger partial charge in [0, 0.05) is 62.0 Å². The zero-order chi connectivity index (χ0) is 40.8. The molecule has 2 atom stereocenters. The minimum atomic E-state index is -3.69. The predicted octanol–water partition coefficient (Wildman–Crippen LogP) is 6.56. The molecule has 4 aliphatic rings. The average molecular weight is 830 g/mol. The van der Waals surface area contributed by atoms with Gasteiger partial charge < -0.3 is 15.1 Å². The number of pyridine rings is 1. The van der Waals surface area contributed by atoms with Crippen molar-refractivity contribution >= 4 is 50.6 Å². The lowest BCUT2D eigenvalue weighted by Crippen LogP contribution is -2.65. The summed E-state index contributed by atoms with van der Waals surface area (Å²) in [5.74, 6) is 0.562. The molecule has 4 fully saturated rings. The summed E-state index contributed by atoms with van der Waals surface area (Å²) < 4.78 is 43.5. The van der Waals surface area contributed by atoms with E-state index in [0.717, 1.165) is 74.8 Å². The Balaban J connectivity index is 0.840. The Kier molecular flexibility index (Phi) is 11.0. The van der Waals surface area contributed by atoms with Crippen molar-refractivity contribution in [3.63, 3.8) is 0 Å². The van der Waals surface area contributed by atoms with Gasteiger partial charge in [-0.05, 0) is 86.2 Å². The molecular weight excluding hydrogens is 778 g/mol. The van der Waals surface area contributed by atoms with E-state index in [1.165, 1.54) is 17.4 Å². The second-order valence-corrected chi connectivity index (χ2v) is 20.4. The number of likely N-dealkylation sites (tertiary alicyclic amines) is 1. The molecule has 0 unspecified atom stereocenters. The smallest absolute Gasteiger partial charge is 0.234 e. The summed E-state index contributed by atoms with van der Waals surface area (Å²) in [6.45, 7) is 13.2. The molecule has 0 bridgehead atoms. The highest BCUT2D eigenvalue weighted by molar-refractivity contribution is 7.92. The van der Waals surface area contributed by atoms with Crippen LogP contribution in [0.15, 0.2) is 48.8 Å². The minimum Gasteiger partial charge on any atom is -0.356 e. The maximum absolute atomic E-state index is 16.0. The van der Waals surface area contributed by atoms with Gasteiger partial charge in [-0.25, -0.2) is 32.7 Å². The van der Waals surface area contributed by atoms with E-state index < -0.39 is 15.8 Å². The zero-order valence-corrected chi connectivity index (χ0v) is 35.2. The molecule has 1 saturated carbocycles. The quantitative estimate of drug-likeness (QED) is 0.125. The van der Waals surface area contributed by atoms with Crippen LogP contribution in [0.25, 0.3) is 21.8 Å². The number of nitrogens with zero attached hydrogens (tertiary/aromatic N) is 6. The molecule has 0 radical (unpaired) electrons. The van der Waals surface area contributed by atoms with E-state index in [4.69, 9.17) is 9.97 Å². The fourth-order valence-electron chi connectivity index (χ4n) is 8.87. The summed E-state index contributed by atoms with van der Waals surface area (Å²) in [5, 5.41) is 6.80. The maximum Gasteiger partial charge on any atom is 0.234 e. The first-order chi connectivity index (χ1) is 27.7. The SMILES string of the molecule is CCCS(=O)(=O)Nc1cccc(-c2nc(C(C)(C)C)sc2-c2ccnc(NC3CC4(C3)CN(CC[C@H]3CCN(c5ccc([C@@H]6CCC(=O)NC6=O)cn5)C3)C4)n2)c1F. The van der Waals surface area contributed by atoms with Crippen molar-refractivity contribution in [1.29, 1.82) is 0 Å². The van der Waals surface area contributed by atoms with Crippen LogP contribution < -0.4 is 20.3 Å². The number of hydrogen-bond donors (Lipinski definition) is 3. The number of nitrogens with one attached hydrogen (secondary N) is 3. The van der Waals surface area contributed by atoms with Crippen molar-refractivity contribution in [3.05, 3.63) is 65.2 Å². The number of halogens is 1. The number of anilines is 3. The molecule has 8 rings (SSSR count). The van der Waals surface area contributed by atoms with Crippen molar-refractivity contribution in [2.45, 2.75) is 90.0 Å². The molecule has 1 aromatic carbocycles. The molecule has 6 heterocycles. The number of aromatic nitrogens is 4. The molecule has 58 heavy (non-hydrogen) atoms. The van der Waals surface area contributed by atoms with Gasteiger partial charge in [-0.15, -0.1) is 11.3 Å². The third-order valence-corrected chi connectivity index (χ3v) is 14.8. The predicted molar refractivity (Wildman–Crippen MR) is 225 cm³/mol. The molecule has 3 aromatic heterocycles. The Morgan fingerprint density at radius 1 is 1.05 bits per heavy atom. The van der Waals surface area contributed by atoms with Crippen molar-refractivity contribution < 1.29 is 22.4 Å². The van der Waals surface area contributed by atoms with Crippen LogP contribution in [0.4, 0.5) is 21.8 Å². The van der Waals surface area contributed by atoms with Crippen LogP contribution >= 0.6 is 11.3 Å². The number of piperidine rings is 1. The summed E-state index contributed by atoms with van der Waals surface area (Å²) in [7, 11) is -3.69. The van der Waals surface area contributed by atoms with Crippen LogP contribution in [-0.2, 0) is 25.0 Å². The monoisotopic (exact) mass is 829 g/mol. The van der Waals surface area contributed by atoms with E-state index in [2.05, 4.69) is 55.9 Å². The van der Waals surface area contributed by atoms with Crippen molar-refractivity contribution in [2.24, 2.45) is 11.3 Å². The molecule has 1 spiro atoms. The fourth-order valence-corrected chi connectivity index (χ4v) is 11.1. The number of carbonyl (C=O) groups excluding carboxylic acids is 2. The summed E-state index contributed by atoms with van der Waals surface area (Å²) >= 11 is 1.46. The molecule has 1 aliphatic carbocycles. The standard InChI is InChI=1S/C42H52FN9O4S2/c1-5-19-58(55,56)50-31-8-6-7-30(35(31)43)36-37(57-39(49-36)41(2,3)4)32-13-16-44-40(47-32)46-28-20-42(21-28)24-51(25-42)17-14-26-15-18-52(23-26)33-11-9-27(22-45-33)29-10-12-34(53)48-38(29)54/h6-9,11,13,16,22,26,28-29,50H,5,10,12,14-15,17-21,23-25H2,1-4H3,(H,44,46,47)(H,48,53,54)/t26-,29-/m0/s1. The highest BCUT2D eigenvalue weighted by Crippen LogP contribution is 2.49. The summed E-state index contributed by atoms with van der Waals surface area (Å²) in [5.41, 5.74) is 2.06. The van der Waals surface area contributed by atoms with Crippen molar-refractivity contribution in [3.8, 4) is 21.8 Å². The fraction of sp³-hybridized carbons (Fsp3) is 0.524. The Bertz CT molecular complexity index is 2280. The Morgan fingerprint density at radius 2 is 1.86 bits per heavy atom. The second-order valence-electron chi connectivity index (χ2n) is 17.6. The largest absolute Gasteiger partial charge is 0.356 e. The number of hydrogen-bond acceptors (Lipinski definition) is 12. The topological polar surface area (TPSA) is 162 Å². The van der Waals surface area contributed by atoms with E-state index in [1.807, 2.05) is 18.2 Å². The lowest BCUT2D eigenvalue weighted by atomic mass is 9.60. The van der Waals surface area contributed by atoms with Gasteiger partial charge in [-0.2, -0.15) is 0 Å². The van der Waals surface area contributed by atoms with Gasteiger partial charge in [0.1, 0.15) is 5.82 Å². The highest BCUT2D eigenvalue weighted by atomic mass is 32.2. The average Bonchev–Trinajstić information content (AvgIpc) is 3.81. The number of rotatable bonds is 13. The van der Waals surface area contributed by atoms with Gasteiger partial charge in [-0.3, -0.25) is 19.6 Å². The van der Waals surface area contributed by atoms with Gasteiger partial charge in [0.15, 0.2) is 5.82 Å². The molecule has 16 heteroatoms. The first-order valence-electron chi connectivity index (χ1n) is 20.4. The first-order valence-corrected chi connectivity index (χ1v) is 22.8. The van der Waals surface area contributed by atoms with Gasteiger partial charge in [0.05, 0.1) is 38.6 Å². The molecule has 3 N–H and O–H groups in total. The summed E-state index contributed by atoms with van der Waals surface area (Å²) in [6, 6.07) is 10.8. The number of imide groups is 1. The molecular formula is C42H52FN9O4S2. The number of sulfonamides is 1. The van der Waals surface area contributed by atoms with Gasteiger partial charge in [0.25, 0.3) is 0 Å². The first kappa shape index (κ1) is 40.2. The third-order valence-electron chi connectivity index (χ3n) is 11.8. The van der Waals surface area contributed by atoms with Crippen LogP contribution in [0, 0.1) is 17.2 Å². The van der Waals surface area contributed by atoms with Gasteiger partial charge in [0.2, 0.25) is 27.8 Å². The van der Waals surface area contributed by atoms with Gasteiger partial charge >= 0.3 is 0 Å². The number of carbonyl (C=O) groups is 2. The van der Waals surface area contributed by atoms with Crippen LogP contribution in [0.3, 0.4) is 0 Å². The van der Waals surface area contributed by atoms with E-state index in [0.29, 0.717) is 52.8 Å².